The molecular formula is C11H13F5N2O4Si. The fourth-order valence-electron chi connectivity index (χ4n) is 1.65. The van der Waals surface area contributed by atoms with Gasteiger partial charge in [0, 0.05) is 21.3 Å². The molecule has 2 amide bonds. The molecule has 0 atom stereocenters. The van der Waals surface area contributed by atoms with Crippen molar-refractivity contribution in [1.82, 2.24) is 5.12 Å². The lowest BCUT2D eigenvalue weighted by molar-refractivity contribution is -0.186. The van der Waals surface area contributed by atoms with E-state index < -0.39 is 42.3 Å². The highest BCUT2D eigenvalue weighted by molar-refractivity contribution is 6.63. The molecule has 0 aliphatic carbocycles. The number of hydrogen-bond acceptors (Lipinski definition) is 4. The number of nitrogens with zero attached hydrogens (tertiary/aromatic N) is 2. The predicted octanol–water partition coefficient (Wildman–Crippen LogP) is 2.83. The molecule has 0 heterocycles. The zero-order valence-electron chi connectivity index (χ0n) is 12.2. The molecule has 1 aromatic carbocycles. The average Bonchev–Trinajstić information content (AvgIpc) is 2.55. The Labute approximate surface area is 129 Å². The van der Waals surface area contributed by atoms with E-state index in [4.69, 9.17) is 0 Å². The highest BCUT2D eigenvalue weighted by Crippen LogP contribution is 2.35. The number of amides is 2. The fraction of sp³-hybridized carbons (Fsp3) is 0.364. The number of carbonyl (C=O) groups is 1. The van der Waals surface area contributed by atoms with Crippen LogP contribution in [0.2, 0.25) is 0 Å². The van der Waals surface area contributed by atoms with Gasteiger partial charge in [-0.3, -0.25) is 0 Å². The maximum Gasteiger partial charge on any atom is 0.602 e. The second-order valence-electron chi connectivity index (χ2n) is 4.01. The van der Waals surface area contributed by atoms with Crippen LogP contribution in [-0.4, -0.2) is 47.0 Å². The Morgan fingerprint density at radius 3 is 2.00 bits per heavy atom. The number of anilines is 1. The molecule has 0 fully saturated rings. The lowest BCUT2D eigenvalue weighted by Gasteiger charge is -2.34. The first kappa shape index (κ1) is 19.3. The van der Waals surface area contributed by atoms with Crippen molar-refractivity contribution in [3.8, 4) is 0 Å². The summed E-state index contributed by atoms with van der Waals surface area (Å²) in [6.07, 6.45) is 0. The molecule has 1 aromatic rings. The number of alkyl halides is 2. The second kappa shape index (κ2) is 7.21. The van der Waals surface area contributed by atoms with Crippen LogP contribution in [0.3, 0.4) is 0 Å². The largest absolute Gasteiger partial charge is 0.602 e. The zero-order valence-corrected chi connectivity index (χ0v) is 13.2. The first-order chi connectivity index (χ1) is 10.7. The van der Waals surface area contributed by atoms with Crippen LogP contribution in [0.4, 0.5) is 32.6 Å². The summed E-state index contributed by atoms with van der Waals surface area (Å²) in [5, 5.41) is -2.87. The van der Waals surface area contributed by atoms with Crippen LogP contribution >= 0.6 is 0 Å². The van der Waals surface area contributed by atoms with E-state index in [1.807, 2.05) is 0 Å². The van der Waals surface area contributed by atoms with E-state index >= 15 is 0 Å². The summed E-state index contributed by atoms with van der Waals surface area (Å²) < 4.78 is 82.3. The third kappa shape index (κ3) is 3.29. The molecule has 0 N–H and O–H groups in total. The molecule has 12 heteroatoms. The topological polar surface area (TPSA) is 51.2 Å². The number of rotatable bonds is 6. The van der Waals surface area contributed by atoms with Gasteiger partial charge in [-0.25, -0.2) is 9.18 Å². The fourth-order valence-corrected chi connectivity index (χ4v) is 3.22. The maximum absolute atomic E-state index is 14.1. The summed E-state index contributed by atoms with van der Waals surface area (Å²) in [4.78, 5) is 11.5. The minimum Gasteiger partial charge on any atom is -0.372 e. The van der Waals surface area contributed by atoms with Gasteiger partial charge in [0.05, 0.1) is 0 Å². The van der Waals surface area contributed by atoms with E-state index in [-0.39, 0.29) is 0 Å². The molecule has 0 aliphatic heterocycles. The molecule has 0 bridgehead atoms. The van der Waals surface area contributed by atoms with E-state index in [0.717, 1.165) is 45.6 Å². The van der Waals surface area contributed by atoms with Crippen molar-refractivity contribution in [2.75, 3.05) is 26.5 Å². The van der Waals surface area contributed by atoms with E-state index in [9.17, 15) is 26.9 Å². The lowest BCUT2D eigenvalue weighted by Crippen LogP contribution is -2.66. The smallest absolute Gasteiger partial charge is 0.372 e. The van der Waals surface area contributed by atoms with Gasteiger partial charge in [0.1, 0.15) is 11.5 Å². The van der Waals surface area contributed by atoms with Crippen molar-refractivity contribution in [2.45, 2.75) is 5.67 Å². The molecule has 0 saturated carbocycles. The van der Waals surface area contributed by atoms with Crippen LogP contribution < -0.4 is 5.12 Å². The van der Waals surface area contributed by atoms with Gasteiger partial charge in [-0.05, 0) is 12.1 Å². The Hall–Kier alpha value is -1.76. The molecule has 0 radical (unpaired) electrons. The molecular weight excluding hydrogens is 347 g/mol. The van der Waals surface area contributed by atoms with Gasteiger partial charge >= 0.3 is 20.5 Å². The molecule has 0 spiro atoms. The number of benzene rings is 1. The highest BCUT2D eigenvalue weighted by atomic mass is 28.4. The van der Waals surface area contributed by atoms with Crippen LogP contribution in [0.5, 0.6) is 0 Å². The lowest BCUT2D eigenvalue weighted by atomic mass is 10.3. The zero-order chi connectivity index (χ0) is 17.8. The first-order valence-electron chi connectivity index (χ1n) is 5.92. The summed E-state index contributed by atoms with van der Waals surface area (Å²) in [7, 11) is -2.78. The summed E-state index contributed by atoms with van der Waals surface area (Å²) in [5.74, 6) is -1.26. The monoisotopic (exact) mass is 360 g/mol. The maximum atomic E-state index is 14.1. The van der Waals surface area contributed by atoms with E-state index in [1.165, 1.54) is 0 Å². The molecule has 0 aliphatic rings. The minimum atomic E-state index is -5.02. The average molecular weight is 360 g/mol. The van der Waals surface area contributed by atoms with Crippen LogP contribution in [0.25, 0.3) is 0 Å². The van der Waals surface area contributed by atoms with Crippen molar-refractivity contribution in [3.05, 3.63) is 30.1 Å². The molecule has 0 unspecified atom stereocenters. The van der Waals surface area contributed by atoms with Crippen LogP contribution in [0, 0.1) is 5.82 Å². The molecule has 23 heavy (non-hydrogen) atoms. The molecule has 1 rings (SSSR count). The Morgan fingerprint density at radius 2 is 1.57 bits per heavy atom. The minimum absolute atomic E-state index is 0.746. The third-order valence-corrected chi connectivity index (χ3v) is 5.37. The number of carbonyl (C=O) groups excluding carboxylic acids is 1. The summed E-state index contributed by atoms with van der Waals surface area (Å²) in [6, 6.07) is 1.32. The first-order valence-corrected chi connectivity index (χ1v) is 7.64. The number of para-hydroxylation sites is 1. The van der Waals surface area contributed by atoms with Gasteiger partial charge in [-0.1, -0.05) is 26.2 Å². The third-order valence-electron chi connectivity index (χ3n) is 2.82. The summed E-state index contributed by atoms with van der Waals surface area (Å²) >= 11 is 0. The normalized spacial score (nSPS) is 12.2. The van der Waals surface area contributed by atoms with E-state index in [0.29, 0.717) is 0 Å². The van der Waals surface area contributed by atoms with Crippen molar-refractivity contribution in [1.29, 1.82) is 0 Å². The molecule has 0 aromatic heterocycles. The van der Waals surface area contributed by atoms with Gasteiger partial charge in [0.25, 0.3) is 0 Å². The number of urea groups is 1. The molecule has 0 saturated heterocycles. The van der Waals surface area contributed by atoms with Crippen LogP contribution in [-0.2, 0) is 13.3 Å². The molecule has 6 nitrogen and oxygen atoms in total. The van der Waals surface area contributed by atoms with Gasteiger partial charge in [0.15, 0.2) is 0 Å². The van der Waals surface area contributed by atoms with Gasteiger partial charge in [-0.15, -0.1) is 5.12 Å². The van der Waals surface area contributed by atoms with E-state index in [1.54, 1.807) is 0 Å². The van der Waals surface area contributed by atoms with Gasteiger partial charge < -0.3 is 13.3 Å². The Bertz CT molecular complexity index is 553. The number of halogens is 5. The van der Waals surface area contributed by atoms with Crippen molar-refractivity contribution in [2.24, 2.45) is 0 Å². The van der Waals surface area contributed by atoms with Gasteiger partial charge in [-0.2, -0.15) is 8.78 Å². The van der Waals surface area contributed by atoms with E-state index in [2.05, 4.69) is 13.3 Å². The standard InChI is InChI=1S/C11H13F5N2O4Si/c1-20-23(21-2,22-3)11(13,14)18(16)10(19)17(15)9-7-5-4-6-8(9)12/h4-7H,1-3H3. The van der Waals surface area contributed by atoms with Crippen molar-refractivity contribution in [3.63, 3.8) is 0 Å². The highest BCUT2D eigenvalue weighted by Gasteiger charge is 2.70. The van der Waals surface area contributed by atoms with Crippen LogP contribution in [0.15, 0.2) is 24.3 Å². The van der Waals surface area contributed by atoms with Crippen LogP contribution in [0.1, 0.15) is 0 Å². The summed E-state index contributed by atoms with van der Waals surface area (Å²) in [6.45, 7) is 0. The second-order valence-corrected chi connectivity index (χ2v) is 6.94. The Balaban J connectivity index is 3.14. The molecule has 130 valence electrons. The Kier molecular flexibility index (Phi) is 6.04. The predicted molar refractivity (Wildman–Crippen MR) is 70.1 cm³/mol. The van der Waals surface area contributed by atoms with Gasteiger partial charge in [0.2, 0.25) is 0 Å². The quantitative estimate of drug-likeness (QED) is 0.339. The van der Waals surface area contributed by atoms with Crippen molar-refractivity contribution < 1.29 is 40.2 Å². The number of hydrogen-bond donors (Lipinski definition) is 0. The SMILES string of the molecule is CO[Si](OC)(OC)C(F)(F)N(F)C(=O)N(F)c1ccccc1F. The van der Waals surface area contributed by atoms with Crippen molar-refractivity contribution >= 4 is 20.5 Å². The Morgan fingerprint density at radius 1 is 1.09 bits per heavy atom. The summed E-state index contributed by atoms with van der Waals surface area (Å²) in [5.41, 5.74) is -5.81.